The second kappa shape index (κ2) is 10.00. The summed E-state index contributed by atoms with van der Waals surface area (Å²) in [7, 11) is 0. The molecule has 0 fully saturated rings. The summed E-state index contributed by atoms with van der Waals surface area (Å²) < 4.78 is 2.18. The van der Waals surface area contributed by atoms with Gasteiger partial charge in [-0.2, -0.15) is 0 Å². The molecule has 0 saturated heterocycles. The molecule has 1 unspecified atom stereocenters. The molecule has 0 aliphatic rings. The molecule has 1 atom stereocenters. The van der Waals surface area contributed by atoms with Gasteiger partial charge in [-0.05, 0) is 58.8 Å². The van der Waals surface area contributed by atoms with Gasteiger partial charge in [0.05, 0.1) is 17.1 Å². The Morgan fingerprint density at radius 2 is 1.14 bits per heavy atom. The summed E-state index contributed by atoms with van der Waals surface area (Å²) in [5.74, 6) is 0. The quantitative estimate of drug-likeness (QED) is 0.229. The van der Waals surface area contributed by atoms with E-state index in [-0.39, 0.29) is 6.04 Å². The maximum atomic E-state index is 3.99. The molecule has 178 valence electrons. The number of rotatable bonds is 7. The van der Waals surface area contributed by atoms with E-state index in [1.165, 1.54) is 33.0 Å². The van der Waals surface area contributed by atoms with Gasteiger partial charge >= 0.3 is 0 Å². The van der Waals surface area contributed by atoms with E-state index < -0.39 is 0 Å². The zero-order valence-electron chi connectivity index (χ0n) is 20.5. The van der Waals surface area contributed by atoms with Crippen molar-refractivity contribution < 1.29 is 0 Å². The first kappa shape index (κ1) is 22.6. The molecule has 0 bridgehead atoms. The highest BCUT2D eigenvalue weighted by atomic mass is 15.4. The standard InChI is InChI=1S/C34H27N3/c1-35-23-22-32(36-37-33-16-7-5-14-30(33)31-15-6-8-17-34(31)37)29-13-9-12-28(24-29)27-20-18-26(19-21-27)25-10-3-2-4-11-25/h2-24,32,36H,1H2/b23-22-. The van der Waals surface area contributed by atoms with E-state index in [4.69, 9.17) is 0 Å². The largest absolute Gasteiger partial charge is 0.314 e. The molecular weight excluding hydrogens is 450 g/mol. The Morgan fingerprint density at radius 3 is 1.78 bits per heavy atom. The summed E-state index contributed by atoms with van der Waals surface area (Å²) in [6, 6.07) is 44.8. The number of aliphatic imine (C=N–C) groups is 1. The monoisotopic (exact) mass is 477 g/mol. The minimum Gasteiger partial charge on any atom is -0.314 e. The van der Waals surface area contributed by atoms with Crippen LogP contribution < -0.4 is 5.43 Å². The summed E-state index contributed by atoms with van der Waals surface area (Å²) in [5.41, 5.74) is 12.0. The van der Waals surface area contributed by atoms with E-state index in [1.54, 1.807) is 6.20 Å². The summed E-state index contributed by atoms with van der Waals surface area (Å²) in [5, 5.41) is 2.45. The number of aromatic nitrogens is 1. The number of nitrogens with one attached hydrogen (secondary N) is 1. The number of nitrogens with zero attached hydrogens (tertiary/aromatic N) is 2. The third-order valence-corrected chi connectivity index (χ3v) is 6.80. The highest BCUT2D eigenvalue weighted by molar-refractivity contribution is 6.08. The topological polar surface area (TPSA) is 29.3 Å². The minimum atomic E-state index is -0.103. The number of hydrogen-bond acceptors (Lipinski definition) is 2. The number of fused-ring (bicyclic) bond motifs is 3. The van der Waals surface area contributed by atoms with Gasteiger partial charge < -0.3 is 5.43 Å². The van der Waals surface area contributed by atoms with Crippen molar-refractivity contribution in [3.63, 3.8) is 0 Å². The molecule has 0 saturated carbocycles. The van der Waals surface area contributed by atoms with Crippen LogP contribution in [0.3, 0.4) is 0 Å². The predicted octanol–water partition coefficient (Wildman–Crippen LogP) is 8.63. The van der Waals surface area contributed by atoms with Crippen LogP contribution in [0.4, 0.5) is 0 Å². The van der Waals surface area contributed by atoms with Crippen molar-refractivity contribution in [1.29, 1.82) is 0 Å². The molecule has 3 heteroatoms. The van der Waals surface area contributed by atoms with Gasteiger partial charge in [-0.15, -0.1) is 0 Å². The summed E-state index contributed by atoms with van der Waals surface area (Å²) in [4.78, 5) is 3.99. The molecule has 1 heterocycles. The van der Waals surface area contributed by atoms with E-state index in [0.717, 1.165) is 16.6 Å². The SMILES string of the molecule is C=N/C=C\C(Nn1c2ccccc2c2ccccc21)c1cccc(-c2ccc(-c3ccccc3)cc2)c1. The van der Waals surface area contributed by atoms with Gasteiger partial charge in [-0.3, -0.25) is 9.67 Å². The highest BCUT2D eigenvalue weighted by Gasteiger charge is 2.15. The van der Waals surface area contributed by atoms with Gasteiger partial charge in [0.2, 0.25) is 0 Å². The van der Waals surface area contributed by atoms with Gasteiger partial charge in [0.25, 0.3) is 0 Å². The summed E-state index contributed by atoms with van der Waals surface area (Å²) >= 11 is 0. The molecule has 6 aromatic rings. The van der Waals surface area contributed by atoms with Crippen LogP contribution in [0.5, 0.6) is 0 Å². The van der Waals surface area contributed by atoms with Crippen LogP contribution in [0, 0.1) is 0 Å². The second-order valence-corrected chi connectivity index (χ2v) is 9.07. The van der Waals surface area contributed by atoms with Gasteiger partial charge in [0.15, 0.2) is 0 Å². The van der Waals surface area contributed by atoms with E-state index in [9.17, 15) is 0 Å². The molecule has 37 heavy (non-hydrogen) atoms. The molecule has 1 aromatic heterocycles. The van der Waals surface area contributed by atoms with Gasteiger partial charge in [0, 0.05) is 17.0 Å². The Hall–Kier alpha value is -4.89. The van der Waals surface area contributed by atoms with Crippen molar-refractivity contribution in [2.75, 3.05) is 5.43 Å². The van der Waals surface area contributed by atoms with Crippen LogP contribution in [0.2, 0.25) is 0 Å². The highest BCUT2D eigenvalue weighted by Crippen LogP contribution is 2.31. The van der Waals surface area contributed by atoms with Crippen molar-refractivity contribution in [2.24, 2.45) is 4.99 Å². The minimum absolute atomic E-state index is 0.103. The average molecular weight is 478 g/mol. The fourth-order valence-electron chi connectivity index (χ4n) is 4.97. The number of benzene rings is 5. The second-order valence-electron chi connectivity index (χ2n) is 9.07. The smallest absolute Gasteiger partial charge is 0.0873 e. The lowest BCUT2D eigenvalue weighted by molar-refractivity contribution is 0.816. The molecule has 6 rings (SSSR count). The van der Waals surface area contributed by atoms with Crippen molar-refractivity contribution in [2.45, 2.75) is 6.04 Å². The number of para-hydroxylation sites is 2. The normalized spacial score (nSPS) is 12.2. The summed E-state index contributed by atoms with van der Waals surface area (Å²) in [6.07, 6.45) is 3.81. The van der Waals surface area contributed by atoms with Crippen LogP contribution in [0.25, 0.3) is 44.1 Å². The third kappa shape index (κ3) is 4.43. The molecular formula is C34H27N3. The molecule has 0 amide bonds. The van der Waals surface area contributed by atoms with E-state index in [1.807, 2.05) is 12.1 Å². The van der Waals surface area contributed by atoms with Crippen LogP contribution >= 0.6 is 0 Å². The Labute approximate surface area is 217 Å². The molecule has 0 aliphatic carbocycles. The lowest BCUT2D eigenvalue weighted by Crippen LogP contribution is -2.19. The number of hydrogen-bond donors (Lipinski definition) is 1. The molecule has 5 aromatic carbocycles. The average Bonchev–Trinajstić information content (AvgIpc) is 3.29. The van der Waals surface area contributed by atoms with Gasteiger partial charge in [-0.1, -0.05) is 109 Å². The van der Waals surface area contributed by atoms with E-state index >= 15 is 0 Å². The zero-order chi connectivity index (χ0) is 25.0. The first-order valence-corrected chi connectivity index (χ1v) is 12.4. The molecule has 0 radical (unpaired) electrons. The maximum Gasteiger partial charge on any atom is 0.0873 e. The van der Waals surface area contributed by atoms with Crippen LogP contribution in [0.15, 0.2) is 145 Å². The molecule has 3 nitrogen and oxygen atoms in total. The van der Waals surface area contributed by atoms with Crippen LogP contribution in [-0.4, -0.2) is 11.4 Å². The molecule has 0 aliphatic heterocycles. The predicted molar refractivity (Wildman–Crippen MR) is 158 cm³/mol. The van der Waals surface area contributed by atoms with Crippen molar-refractivity contribution in [1.82, 2.24) is 4.68 Å². The molecule has 0 spiro atoms. The summed E-state index contributed by atoms with van der Waals surface area (Å²) in [6.45, 7) is 3.65. The Morgan fingerprint density at radius 1 is 0.595 bits per heavy atom. The third-order valence-electron chi connectivity index (χ3n) is 6.80. The lowest BCUT2D eigenvalue weighted by Gasteiger charge is -2.20. The van der Waals surface area contributed by atoms with Crippen LogP contribution in [0.1, 0.15) is 11.6 Å². The van der Waals surface area contributed by atoms with Crippen molar-refractivity contribution >= 4 is 28.5 Å². The van der Waals surface area contributed by atoms with Crippen LogP contribution in [-0.2, 0) is 0 Å². The zero-order valence-corrected chi connectivity index (χ0v) is 20.5. The fourth-order valence-corrected chi connectivity index (χ4v) is 4.97. The van der Waals surface area contributed by atoms with Gasteiger partial charge in [0.1, 0.15) is 0 Å². The van der Waals surface area contributed by atoms with Gasteiger partial charge in [-0.25, -0.2) is 0 Å². The maximum absolute atomic E-state index is 3.99. The first-order valence-electron chi connectivity index (χ1n) is 12.4. The van der Waals surface area contributed by atoms with E-state index in [2.05, 4.69) is 143 Å². The van der Waals surface area contributed by atoms with Crippen molar-refractivity contribution in [3.05, 3.63) is 145 Å². The first-order chi connectivity index (χ1) is 18.3. The van der Waals surface area contributed by atoms with Crippen molar-refractivity contribution in [3.8, 4) is 22.3 Å². The fraction of sp³-hybridized carbons (Fsp3) is 0.0294. The molecule has 1 N–H and O–H groups in total. The Balaban J connectivity index is 1.37. The Bertz CT molecular complexity index is 1660. The van der Waals surface area contributed by atoms with E-state index in [0.29, 0.717) is 0 Å². The Kier molecular flexibility index (Phi) is 6.10. The lowest BCUT2D eigenvalue weighted by atomic mass is 9.97.